The van der Waals surface area contributed by atoms with Crippen LogP contribution in [-0.2, 0) is 11.4 Å². The lowest BCUT2D eigenvalue weighted by molar-refractivity contribution is -0.115. The zero-order valence-corrected chi connectivity index (χ0v) is 16.0. The fourth-order valence-electron chi connectivity index (χ4n) is 3.20. The van der Waals surface area contributed by atoms with Gasteiger partial charge in [-0.25, -0.2) is 0 Å². The molecule has 3 aromatic carbocycles. The second-order valence-corrected chi connectivity index (χ2v) is 6.78. The first-order chi connectivity index (χ1) is 14.7. The Labute approximate surface area is 174 Å². The third-order valence-electron chi connectivity index (χ3n) is 4.69. The first-order valence-electron chi connectivity index (χ1n) is 9.39. The van der Waals surface area contributed by atoms with E-state index in [0.29, 0.717) is 33.8 Å². The highest BCUT2D eigenvalue weighted by molar-refractivity contribution is 6.17. The van der Waals surface area contributed by atoms with Gasteiger partial charge in [0.05, 0.1) is 41.7 Å². The van der Waals surface area contributed by atoms with Crippen LogP contribution in [0.25, 0.3) is 0 Å². The number of carbonyl (C=O) groups excluding carboxylic acids is 1. The Hall–Kier alpha value is -4.19. The van der Waals surface area contributed by atoms with Gasteiger partial charge in [-0.2, -0.15) is 5.26 Å². The van der Waals surface area contributed by atoms with E-state index in [2.05, 4.69) is 28.2 Å². The molecule has 5 heteroatoms. The molecule has 0 radical (unpaired) electrons. The summed E-state index contributed by atoms with van der Waals surface area (Å²) < 4.78 is 0. The number of nitrogens with one attached hydrogen (secondary N) is 1. The van der Waals surface area contributed by atoms with Gasteiger partial charge >= 0.3 is 0 Å². The number of nitrogens with zero attached hydrogens (tertiary/aromatic N) is 2. The predicted octanol–water partition coefficient (Wildman–Crippen LogP) is 3.91. The third kappa shape index (κ3) is 4.12. The number of benzene rings is 3. The van der Waals surface area contributed by atoms with Crippen molar-refractivity contribution in [2.24, 2.45) is 4.99 Å². The van der Waals surface area contributed by atoms with Crippen LogP contribution < -0.4 is 5.32 Å². The van der Waals surface area contributed by atoms with Crippen LogP contribution in [0, 0.1) is 23.2 Å². The number of aliphatic hydroxyl groups excluding tert-OH is 1. The Morgan fingerprint density at radius 3 is 2.57 bits per heavy atom. The van der Waals surface area contributed by atoms with Crippen LogP contribution in [-0.4, -0.2) is 16.7 Å². The summed E-state index contributed by atoms with van der Waals surface area (Å²) in [6, 6.07) is 22.1. The molecule has 2 N–H and O–H groups in total. The smallest absolute Gasteiger partial charge is 0.230 e. The van der Waals surface area contributed by atoms with Crippen molar-refractivity contribution in [2.75, 3.05) is 5.32 Å². The summed E-state index contributed by atoms with van der Waals surface area (Å²) in [5, 5.41) is 21.9. The van der Waals surface area contributed by atoms with E-state index in [1.54, 1.807) is 30.3 Å². The normalized spacial score (nSPS) is 12.4. The van der Waals surface area contributed by atoms with Crippen molar-refractivity contribution in [3.05, 3.63) is 94.5 Å². The molecule has 1 heterocycles. The molecule has 0 saturated heterocycles. The van der Waals surface area contributed by atoms with Crippen LogP contribution in [0.2, 0.25) is 0 Å². The van der Waals surface area contributed by atoms with E-state index >= 15 is 0 Å². The number of aliphatic hydroxyl groups is 1. The molecule has 3 aromatic rings. The highest BCUT2D eigenvalue weighted by Crippen LogP contribution is 2.32. The zero-order valence-electron chi connectivity index (χ0n) is 16.0. The summed E-state index contributed by atoms with van der Waals surface area (Å²) in [7, 11) is 0. The van der Waals surface area contributed by atoms with Crippen LogP contribution in [0.1, 0.15) is 34.2 Å². The monoisotopic (exact) mass is 391 g/mol. The molecule has 1 aliphatic rings. The second kappa shape index (κ2) is 8.45. The Kier molecular flexibility index (Phi) is 5.39. The minimum atomic E-state index is -0.200. The molecule has 0 aromatic heterocycles. The minimum Gasteiger partial charge on any atom is -0.392 e. The van der Waals surface area contributed by atoms with E-state index in [1.165, 1.54) is 0 Å². The molecule has 1 aliphatic heterocycles. The largest absolute Gasteiger partial charge is 0.392 e. The van der Waals surface area contributed by atoms with Crippen molar-refractivity contribution in [3.8, 4) is 17.9 Å². The lowest BCUT2D eigenvalue weighted by Gasteiger charge is -2.09. The molecule has 0 bridgehead atoms. The molecule has 0 atom stereocenters. The Morgan fingerprint density at radius 1 is 1.00 bits per heavy atom. The predicted molar refractivity (Wildman–Crippen MR) is 115 cm³/mol. The summed E-state index contributed by atoms with van der Waals surface area (Å²) in [6.07, 6.45) is 0.0864. The molecule has 4 rings (SSSR count). The maximum Gasteiger partial charge on any atom is 0.230 e. The summed E-state index contributed by atoms with van der Waals surface area (Å²) >= 11 is 0. The van der Waals surface area contributed by atoms with Crippen molar-refractivity contribution >= 4 is 23.0 Å². The van der Waals surface area contributed by atoms with Crippen LogP contribution in [0.3, 0.4) is 0 Å². The molecule has 1 amide bonds. The van der Waals surface area contributed by atoms with E-state index in [9.17, 15) is 9.90 Å². The van der Waals surface area contributed by atoms with Gasteiger partial charge in [-0.3, -0.25) is 9.79 Å². The fourth-order valence-corrected chi connectivity index (χ4v) is 3.20. The van der Waals surface area contributed by atoms with E-state index in [0.717, 1.165) is 11.1 Å². The Balaban J connectivity index is 1.79. The molecule has 0 fully saturated rings. The average Bonchev–Trinajstić information content (AvgIpc) is 2.95. The number of hydrogen-bond acceptors (Lipinski definition) is 4. The van der Waals surface area contributed by atoms with E-state index in [1.807, 2.05) is 36.4 Å². The van der Waals surface area contributed by atoms with Gasteiger partial charge in [-0.1, -0.05) is 42.2 Å². The standard InChI is InChI=1S/C25H17N3O2/c26-15-18-7-4-8-20(11-18)22-14-25(30)28-24-12-19(21(16-29)13-23(24)27-22)10-9-17-5-2-1-3-6-17/h1-8,11-13,29H,14,16H2,(H,28,30). The van der Waals surface area contributed by atoms with E-state index < -0.39 is 0 Å². The summed E-state index contributed by atoms with van der Waals surface area (Å²) in [5.41, 5.74) is 4.99. The highest BCUT2D eigenvalue weighted by Gasteiger charge is 2.19. The number of carbonyl (C=O) groups is 1. The Bertz CT molecular complexity index is 1260. The van der Waals surface area contributed by atoms with Crippen molar-refractivity contribution in [1.29, 1.82) is 5.26 Å². The quantitative estimate of drug-likeness (QED) is 0.650. The Morgan fingerprint density at radius 2 is 1.80 bits per heavy atom. The molecule has 5 nitrogen and oxygen atoms in total. The first kappa shape index (κ1) is 19.1. The van der Waals surface area contributed by atoms with Gasteiger partial charge in [0.2, 0.25) is 5.91 Å². The van der Waals surface area contributed by atoms with E-state index in [-0.39, 0.29) is 18.9 Å². The number of hydrogen-bond donors (Lipinski definition) is 2. The van der Waals surface area contributed by atoms with Crippen molar-refractivity contribution in [3.63, 3.8) is 0 Å². The van der Waals surface area contributed by atoms with Crippen LogP contribution in [0.15, 0.2) is 71.7 Å². The minimum absolute atomic E-state index is 0.0864. The van der Waals surface area contributed by atoms with Gasteiger partial charge in [-0.05, 0) is 47.5 Å². The van der Waals surface area contributed by atoms with Gasteiger partial charge in [0.15, 0.2) is 0 Å². The maximum absolute atomic E-state index is 12.5. The number of amides is 1. The second-order valence-electron chi connectivity index (χ2n) is 6.78. The van der Waals surface area contributed by atoms with Gasteiger partial charge in [0, 0.05) is 11.1 Å². The van der Waals surface area contributed by atoms with Crippen molar-refractivity contribution < 1.29 is 9.90 Å². The van der Waals surface area contributed by atoms with Gasteiger partial charge in [-0.15, -0.1) is 0 Å². The van der Waals surface area contributed by atoms with Gasteiger partial charge in [0.1, 0.15) is 0 Å². The molecule has 0 aliphatic carbocycles. The molecular weight excluding hydrogens is 374 g/mol. The molecule has 0 spiro atoms. The first-order valence-corrected chi connectivity index (χ1v) is 9.39. The number of anilines is 1. The van der Waals surface area contributed by atoms with E-state index in [4.69, 9.17) is 5.26 Å². The summed E-state index contributed by atoms with van der Waals surface area (Å²) in [6.45, 7) is -0.200. The lowest BCUT2D eigenvalue weighted by atomic mass is 10.0. The number of aliphatic imine (C=N–C) groups is 1. The van der Waals surface area contributed by atoms with Crippen LogP contribution >= 0.6 is 0 Å². The molecule has 0 unspecified atom stereocenters. The van der Waals surface area contributed by atoms with Crippen LogP contribution in [0.5, 0.6) is 0 Å². The zero-order chi connectivity index (χ0) is 20.9. The number of rotatable bonds is 2. The van der Waals surface area contributed by atoms with Crippen molar-refractivity contribution in [2.45, 2.75) is 13.0 Å². The van der Waals surface area contributed by atoms with Crippen LogP contribution in [0.4, 0.5) is 11.4 Å². The topological polar surface area (TPSA) is 85.5 Å². The SMILES string of the molecule is N#Cc1cccc(C2=Nc3cc(CO)c(C#Cc4ccccc4)cc3NC(=O)C2)c1. The number of fused-ring (bicyclic) bond motifs is 1. The molecule has 30 heavy (non-hydrogen) atoms. The van der Waals surface area contributed by atoms with Gasteiger partial charge < -0.3 is 10.4 Å². The summed E-state index contributed by atoms with van der Waals surface area (Å²) in [5.74, 6) is 5.95. The maximum atomic E-state index is 12.5. The average molecular weight is 391 g/mol. The number of nitriles is 1. The fraction of sp³-hybridized carbons (Fsp3) is 0.0800. The highest BCUT2D eigenvalue weighted by atomic mass is 16.3. The molecular formula is C25H17N3O2. The van der Waals surface area contributed by atoms with Crippen molar-refractivity contribution in [1.82, 2.24) is 0 Å². The summed E-state index contributed by atoms with van der Waals surface area (Å²) in [4.78, 5) is 17.2. The molecule has 0 saturated carbocycles. The third-order valence-corrected chi connectivity index (χ3v) is 4.69. The lowest BCUT2D eigenvalue weighted by Crippen LogP contribution is -2.15. The molecule has 144 valence electrons. The van der Waals surface area contributed by atoms with Gasteiger partial charge in [0.25, 0.3) is 0 Å².